The van der Waals surface area contributed by atoms with Gasteiger partial charge in [0.15, 0.2) is 0 Å². The second kappa shape index (κ2) is 165. The van der Waals surface area contributed by atoms with E-state index in [1.807, 2.05) is 0 Å². The van der Waals surface area contributed by atoms with Crippen molar-refractivity contribution in [1.29, 1.82) is 0 Å². The molecule has 52 valence electrons. The standard InChI is InChI=1S/26K.26H/q26*+1;26*-1. The van der Waals surface area contributed by atoms with E-state index in [0.29, 0.717) is 0 Å². The van der Waals surface area contributed by atoms with E-state index in [4.69, 9.17) is 0 Å². The maximum atomic E-state index is 0. The molecule has 0 unspecified atom stereocenters. The Bertz CT molecular complexity index is 52.0. The van der Waals surface area contributed by atoms with E-state index < -0.39 is 0 Å². The zero-order valence-corrected chi connectivity index (χ0v) is 107. The number of hydrogen-bond acceptors (Lipinski definition) is 0. The smallest absolute Gasteiger partial charge is 1.00 e. The Morgan fingerprint density at radius 3 is 0.0769 bits per heavy atom. The third-order valence-electron chi connectivity index (χ3n) is 0. The second-order valence-electron chi connectivity index (χ2n) is 0. The van der Waals surface area contributed by atoms with Gasteiger partial charge in [-0.05, 0) is 0 Å². The molecular weight excluding hydrogens is 1020 g/mol. The minimum atomic E-state index is 0. The largest absolute Gasteiger partial charge is 1.00 e. The van der Waals surface area contributed by atoms with Crippen molar-refractivity contribution >= 4 is 0 Å². The Kier molecular flexibility index (Phi) is 1100. The van der Waals surface area contributed by atoms with Crippen LogP contribution in [0.5, 0.6) is 0 Å². The average Bonchev–Trinajstić information content (AvgIpc) is 0. The normalized spacial score (nSPS) is 0. The molecule has 0 aliphatic rings. The van der Waals surface area contributed by atoms with Crippen molar-refractivity contribution in [3.8, 4) is 0 Å². The molecule has 0 atom stereocenters. The molecule has 0 aromatic heterocycles. The predicted molar refractivity (Wildman–Crippen MR) is 28.9 cm³/mol. The third kappa shape index (κ3) is 158. The van der Waals surface area contributed by atoms with E-state index in [1.165, 1.54) is 0 Å². The van der Waals surface area contributed by atoms with Crippen LogP contribution in [0.1, 0.15) is 37.1 Å². The molecule has 26 heavy (non-hydrogen) atoms. The fraction of sp³-hybridized carbons (Fsp3) is 0. The summed E-state index contributed by atoms with van der Waals surface area (Å²) in [5.74, 6) is 0. The van der Waals surface area contributed by atoms with E-state index in [1.54, 1.807) is 0 Å². The molecule has 0 aromatic carbocycles. The first kappa shape index (κ1) is 173. The monoisotopic (exact) mass is 1040 g/mol. The van der Waals surface area contributed by atoms with Crippen molar-refractivity contribution in [3.63, 3.8) is 0 Å². The van der Waals surface area contributed by atoms with Crippen LogP contribution in [0.3, 0.4) is 0 Å². The molecular formula is H26K26. The van der Waals surface area contributed by atoms with Crippen molar-refractivity contribution in [2.75, 3.05) is 0 Å². The molecule has 0 N–H and O–H groups in total. The number of rotatable bonds is 0. The van der Waals surface area contributed by atoms with E-state index in [0.717, 1.165) is 0 Å². The van der Waals surface area contributed by atoms with Crippen LogP contribution in [-0.2, 0) is 0 Å². The Morgan fingerprint density at radius 1 is 0.0769 bits per heavy atom. The van der Waals surface area contributed by atoms with Crippen molar-refractivity contribution in [3.05, 3.63) is 0 Å². The zero-order chi connectivity index (χ0) is 0. The fourth-order valence-corrected chi connectivity index (χ4v) is 0. The summed E-state index contributed by atoms with van der Waals surface area (Å²) in [6, 6.07) is 0. The van der Waals surface area contributed by atoms with Gasteiger partial charge in [0.25, 0.3) is 0 Å². The Labute approximate surface area is 1310 Å². The molecule has 0 rings (SSSR count). The molecule has 0 aromatic rings. The van der Waals surface area contributed by atoms with Crippen LogP contribution in [0.4, 0.5) is 0 Å². The molecule has 0 fully saturated rings. The van der Waals surface area contributed by atoms with Crippen LogP contribution in [0.2, 0.25) is 0 Å². The quantitative estimate of drug-likeness (QED) is 0.212. The summed E-state index contributed by atoms with van der Waals surface area (Å²) in [6.45, 7) is 0. The van der Waals surface area contributed by atoms with Crippen LogP contribution < -0.4 is 1340 Å². The maximum Gasteiger partial charge on any atom is 1.00 e. The van der Waals surface area contributed by atoms with Crippen molar-refractivity contribution in [1.82, 2.24) is 0 Å². The molecule has 26 heteroatoms. The Morgan fingerprint density at radius 2 is 0.0769 bits per heavy atom. The first-order valence-corrected chi connectivity index (χ1v) is 0. The first-order valence-electron chi connectivity index (χ1n) is 0. The van der Waals surface area contributed by atoms with Gasteiger partial charge in [0.05, 0.1) is 0 Å². The zero-order valence-electron chi connectivity index (χ0n) is 52.0. The van der Waals surface area contributed by atoms with Crippen LogP contribution in [0.15, 0.2) is 0 Å². The summed E-state index contributed by atoms with van der Waals surface area (Å²) in [5, 5.41) is 0. The average molecular weight is 1040 g/mol. The summed E-state index contributed by atoms with van der Waals surface area (Å²) in [5.41, 5.74) is 0. The van der Waals surface area contributed by atoms with Crippen LogP contribution in [-0.4, -0.2) is 0 Å². The van der Waals surface area contributed by atoms with Crippen LogP contribution in [0.25, 0.3) is 0 Å². The molecule has 0 saturated heterocycles. The summed E-state index contributed by atoms with van der Waals surface area (Å²) < 4.78 is 0. The summed E-state index contributed by atoms with van der Waals surface area (Å²) >= 11 is 0. The predicted octanol–water partition coefficient (Wildman–Crippen LogP) is -75.0. The van der Waals surface area contributed by atoms with Crippen LogP contribution in [0, 0.1) is 0 Å². The van der Waals surface area contributed by atoms with Gasteiger partial charge in [-0.2, -0.15) is 0 Å². The molecule has 0 spiro atoms. The minimum absolute atomic E-state index is 0. The van der Waals surface area contributed by atoms with E-state index in [2.05, 4.69) is 0 Å². The van der Waals surface area contributed by atoms with Gasteiger partial charge >= 0.3 is 1340 Å². The first-order chi connectivity index (χ1) is 0. The molecule has 0 nitrogen and oxygen atoms in total. The van der Waals surface area contributed by atoms with Gasteiger partial charge in [-0.15, -0.1) is 0 Å². The van der Waals surface area contributed by atoms with E-state index in [9.17, 15) is 0 Å². The van der Waals surface area contributed by atoms with Crippen molar-refractivity contribution in [2.45, 2.75) is 0 Å². The second-order valence-corrected chi connectivity index (χ2v) is 0. The molecule has 0 amide bonds. The van der Waals surface area contributed by atoms with Gasteiger partial charge in [0.1, 0.15) is 0 Å². The minimum Gasteiger partial charge on any atom is -1.00 e. The fourth-order valence-electron chi connectivity index (χ4n) is 0. The van der Waals surface area contributed by atoms with E-state index >= 15 is 0 Å². The van der Waals surface area contributed by atoms with Gasteiger partial charge in [-0.1, -0.05) is 0 Å². The maximum absolute atomic E-state index is 0. The van der Waals surface area contributed by atoms with Gasteiger partial charge in [-0.3, -0.25) is 0 Å². The van der Waals surface area contributed by atoms with Gasteiger partial charge in [0.2, 0.25) is 0 Å². The molecule has 0 saturated carbocycles. The summed E-state index contributed by atoms with van der Waals surface area (Å²) in [6.07, 6.45) is 0. The molecule has 0 aliphatic heterocycles. The van der Waals surface area contributed by atoms with Gasteiger partial charge < -0.3 is 37.1 Å². The third-order valence-corrected chi connectivity index (χ3v) is 0. The molecule has 0 radical (unpaired) electrons. The van der Waals surface area contributed by atoms with E-state index in [-0.39, 0.29) is 1370 Å². The summed E-state index contributed by atoms with van der Waals surface area (Å²) in [7, 11) is 0. The molecule has 0 aliphatic carbocycles. The summed E-state index contributed by atoms with van der Waals surface area (Å²) in [4.78, 5) is 0. The van der Waals surface area contributed by atoms with Gasteiger partial charge in [-0.25, -0.2) is 0 Å². The number of hydrogen-bond donors (Lipinski definition) is 0. The Hall–Kier alpha value is 42.5. The van der Waals surface area contributed by atoms with Gasteiger partial charge in [0, 0.05) is 0 Å². The van der Waals surface area contributed by atoms with Crippen LogP contribution >= 0.6 is 0 Å². The topological polar surface area (TPSA) is 0 Å². The van der Waals surface area contributed by atoms with Crippen molar-refractivity contribution in [2.24, 2.45) is 0 Å². The Balaban J connectivity index is 0. The SMILES string of the molecule is [H-].[H-].[H-].[H-].[H-].[H-].[H-].[H-].[H-].[H-].[H-].[H-].[H-].[H-].[H-].[H-].[H-].[H-].[H-].[H-].[H-].[H-].[H-].[H-].[H-].[H-].[K+].[K+].[K+].[K+].[K+].[K+].[K+].[K+].[K+].[K+].[K+].[K+].[K+].[K+].[K+].[K+].[K+].[K+].[K+].[K+].[K+].[K+].[K+].[K+].[K+].[K+]. The van der Waals surface area contributed by atoms with Crippen molar-refractivity contribution < 1.29 is 1370 Å². The molecule has 0 heterocycles. The molecule has 0 bridgehead atoms.